The average molecular weight is 239 g/mol. The summed E-state index contributed by atoms with van der Waals surface area (Å²) in [6, 6.07) is 2.42. The second-order valence-electron chi connectivity index (χ2n) is 4.36. The molecule has 0 aliphatic heterocycles. The standard InChI is InChI=1S/C13H25N3O/c1-5-8-14-12(10-11(3)17-4)13-7-9-15-16(13)6-2/h7,9,11-12,14H,5-6,8,10H2,1-4H3. The number of methoxy groups -OCH3 is 1. The second-order valence-corrected chi connectivity index (χ2v) is 4.36. The molecule has 1 heterocycles. The van der Waals surface area contributed by atoms with Crippen LogP contribution in [0.1, 0.15) is 45.3 Å². The molecule has 0 aromatic carbocycles. The van der Waals surface area contributed by atoms with E-state index in [-0.39, 0.29) is 6.10 Å². The minimum Gasteiger partial charge on any atom is -0.382 e. The molecule has 0 saturated heterocycles. The lowest BCUT2D eigenvalue weighted by Crippen LogP contribution is -2.28. The van der Waals surface area contributed by atoms with Crippen molar-refractivity contribution in [2.75, 3.05) is 13.7 Å². The highest BCUT2D eigenvalue weighted by molar-refractivity contribution is 5.07. The van der Waals surface area contributed by atoms with Gasteiger partial charge in [-0.15, -0.1) is 0 Å². The number of rotatable bonds is 8. The summed E-state index contributed by atoms with van der Waals surface area (Å²) in [6.45, 7) is 8.34. The lowest BCUT2D eigenvalue weighted by molar-refractivity contribution is 0.0993. The zero-order valence-corrected chi connectivity index (χ0v) is 11.4. The van der Waals surface area contributed by atoms with Crippen molar-refractivity contribution in [3.8, 4) is 0 Å². The Bertz CT molecular complexity index is 311. The van der Waals surface area contributed by atoms with Gasteiger partial charge < -0.3 is 10.1 Å². The van der Waals surface area contributed by atoms with E-state index in [0.717, 1.165) is 25.9 Å². The van der Waals surface area contributed by atoms with E-state index in [4.69, 9.17) is 4.74 Å². The molecule has 1 aromatic rings. The van der Waals surface area contributed by atoms with E-state index in [2.05, 4.69) is 41.9 Å². The number of nitrogens with one attached hydrogen (secondary N) is 1. The Kier molecular flexibility index (Phi) is 6.22. The summed E-state index contributed by atoms with van der Waals surface area (Å²) in [4.78, 5) is 0. The van der Waals surface area contributed by atoms with Crippen molar-refractivity contribution in [2.24, 2.45) is 0 Å². The first-order valence-corrected chi connectivity index (χ1v) is 6.50. The van der Waals surface area contributed by atoms with Crippen LogP contribution in [0.4, 0.5) is 0 Å². The lowest BCUT2D eigenvalue weighted by Gasteiger charge is -2.22. The molecule has 0 aliphatic rings. The van der Waals surface area contributed by atoms with E-state index in [1.54, 1.807) is 7.11 Å². The molecule has 0 aliphatic carbocycles. The molecule has 4 heteroatoms. The van der Waals surface area contributed by atoms with E-state index in [1.807, 2.05) is 6.20 Å². The third kappa shape index (κ3) is 4.13. The van der Waals surface area contributed by atoms with Crippen molar-refractivity contribution in [1.82, 2.24) is 15.1 Å². The van der Waals surface area contributed by atoms with Gasteiger partial charge >= 0.3 is 0 Å². The number of hydrogen-bond acceptors (Lipinski definition) is 3. The number of hydrogen-bond donors (Lipinski definition) is 1. The molecule has 2 atom stereocenters. The summed E-state index contributed by atoms with van der Waals surface area (Å²) in [5, 5.41) is 7.90. The Balaban J connectivity index is 2.74. The molecule has 0 saturated carbocycles. The summed E-state index contributed by atoms with van der Waals surface area (Å²) < 4.78 is 7.41. The third-order valence-electron chi connectivity index (χ3n) is 3.02. The minimum atomic E-state index is 0.254. The summed E-state index contributed by atoms with van der Waals surface area (Å²) >= 11 is 0. The van der Waals surface area contributed by atoms with Gasteiger partial charge in [0.25, 0.3) is 0 Å². The Morgan fingerprint density at radius 1 is 1.47 bits per heavy atom. The van der Waals surface area contributed by atoms with Crippen molar-refractivity contribution in [2.45, 2.75) is 52.3 Å². The molecule has 1 aromatic heterocycles. The molecule has 4 nitrogen and oxygen atoms in total. The predicted molar refractivity (Wildman–Crippen MR) is 70.0 cm³/mol. The fourth-order valence-corrected chi connectivity index (χ4v) is 1.96. The van der Waals surface area contributed by atoms with Gasteiger partial charge in [0, 0.05) is 19.9 Å². The summed E-state index contributed by atoms with van der Waals surface area (Å²) in [7, 11) is 1.76. The molecule has 0 bridgehead atoms. The monoisotopic (exact) mass is 239 g/mol. The SMILES string of the molecule is CCCNC(CC(C)OC)c1ccnn1CC. The van der Waals surface area contributed by atoms with Gasteiger partial charge in [-0.1, -0.05) is 6.92 Å². The van der Waals surface area contributed by atoms with Crippen molar-refractivity contribution >= 4 is 0 Å². The minimum absolute atomic E-state index is 0.254. The summed E-state index contributed by atoms with van der Waals surface area (Å²) in [6.07, 6.45) is 4.24. The smallest absolute Gasteiger partial charge is 0.0561 e. The predicted octanol–water partition coefficient (Wildman–Crippen LogP) is 2.37. The van der Waals surface area contributed by atoms with Crippen LogP contribution in [-0.4, -0.2) is 29.5 Å². The fourth-order valence-electron chi connectivity index (χ4n) is 1.96. The first-order valence-electron chi connectivity index (χ1n) is 6.50. The van der Waals surface area contributed by atoms with Gasteiger partial charge in [-0.25, -0.2) is 0 Å². The fraction of sp³-hybridized carbons (Fsp3) is 0.769. The zero-order valence-electron chi connectivity index (χ0n) is 11.4. The van der Waals surface area contributed by atoms with Crippen LogP contribution in [0, 0.1) is 0 Å². The average Bonchev–Trinajstić information content (AvgIpc) is 2.82. The van der Waals surface area contributed by atoms with Gasteiger partial charge in [0.2, 0.25) is 0 Å². The first kappa shape index (κ1) is 14.2. The van der Waals surface area contributed by atoms with Gasteiger partial charge in [0.05, 0.1) is 17.8 Å². The number of nitrogens with zero attached hydrogens (tertiary/aromatic N) is 2. The van der Waals surface area contributed by atoms with Crippen LogP contribution in [0.3, 0.4) is 0 Å². The third-order valence-corrected chi connectivity index (χ3v) is 3.02. The van der Waals surface area contributed by atoms with Crippen LogP contribution < -0.4 is 5.32 Å². The van der Waals surface area contributed by atoms with E-state index < -0.39 is 0 Å². The highest BCUT2D eigenvalue weighted by atomic mass is 16.5. The van der Waals surface area contributed by atoms with Crippen molar-refractivity contribution in [1.29, 1.82) is 0 Å². The molecular weight excluding hydrogens is 214 g/mol. The maximum Gasteiger partial charge on any atom is 0.0561 e. The van der Waals surface area contributed by atoms with Crippen LogP contribution in [0.5, 0.6) is 0 Å². The molecule has 98 valence electrons. The van der Waals surface area contributed by atoms with E-state index in [9.17, 15) is 0 Å². The normalized spacial score (nSPS) is 14.8. The lowest BCUT2D eigenvalue weighted by atomic mass is 10.1. The molecule has 0 radical (unpaired) electrons. The van der Waals surface area contributed by atoms with Crippen LogP contribution in [0.2, 0.25) is 0 Å². The Morgan fingerprint density at radius 2 is 2.24 bits per heavy atom. The van der Waals surface area contributed by atoms with Crippen molar-refractivity contribution < 1.29 is 4.74 Å². The zero-order chi connectivity index (χ0) is 12.7. The van der Waals surface area contributed by atoms with Crippen molar-refractivity contribution in [3.63, 3.8) is 0 Å². The van der Waals surface area contributed by atoms with Gasteiger partial charge in [-0.05, 0) is 39.3 Å². The number of ether oxygens (including phenoxy) is 1. The van der Waals surface area contributed by atoms with Crippen LogP contribution in [0.25, 0.3) is 0 Å². The maximum absolute atomic E-state index is 5.36. The number of aryl methyl sites for hydroxylation is 1. The second kappa shape index (κ2) is 7.45. The summed E-state index contributed by atoms with van der Waals surface area (Å²) in [5.74, 6) is 0. The van der Waals surface area contributed by atoms with Gasteiger partial charge in [0.15, 0.2) is 0 Å². The highest BCUT2D eigenvalue weighted by Crippen LogP contribution is 2.19. The molecule has 2 unspecified atom stereocenters. The topological polar surface area (TPSA) is 39.1 Å². The van der Waals surface area contributed by atoms with Gasteiger partial charge in [-0.2, -0.15) is 5.10 Å². The quantitative estimate of drug-likeness (QED) is 0.757. The maximum atomic E-state index is 5.36. The number of aromatic nitrogens is 2. The van der Waals surface area contributed by atoms with Gasteiger partial charge in [-0.3, -0.25) is 4.68 Å². The van der Waals surface area contributed by atoms with Crippen LogP contribution >= 0.6 is 0 Å². The van der Waals surface area contributed by atoms with Crippen molar-refractivity contribution in [3.05, 3.63) is 18.0 Å². The Morgan fingerprint density at radius 3 is 2.82 bits per heavy atom. The van der Waals surface area contributed by atoms with Crippen LogP contribution in [-0.2, 0) is 11.3 Å². The largest absolute Gasteiger partial charge is 0.382 e. The van der Waals surface area contributed by atoms with E-state index in [1.165, 1.54) is 5.69 Å². The van der Waals surface area contributed by atoms with E-state index in [0.29, 0.717) is 6.04 Å². The molecule has 0 spiro atoms. The molecule has 1 N–H and O–H groups in total. The molecule has 17 heavy (non-hydrogen) atoms. The molecule has 0 fully saturated rings. The first-order chi connectivity index (χ1) is 8.22. The van der Waals surface area contributed by atoms with Crippen LogP contribution in [0.15, 0.2) is 12.3 Å². The summed E-state index contributed by atoms with van der Waals surface area (Å²) in [5.41, 5.74) is 1.25. The molecule has 1 rings (SSSR count). The molecular formula is C13H25N3O. The Labute approximate surface area is 104 Å². The van der Waals surface area contributed by atoms with Gasteiger partial charge in [0.1, 0.15) is 0 Å². The highest BCUT2D eigenvalue weighted by Gasteiger charge is 2.17. The van der Waals surface area contributed by atoms with E-state index >= 15 is 0 Å². The molecule has 0 amide bonds. The Hall–Kier alpha value is -0.870.